The molecule has 1 N–H and O–H groups in total. The summed E-state index contributed by atoms with van der Waals surface area (Å²) in [6, 6.07) is 2.80. The van der Waals surface area contributed by atoms with Gasteiger partial charge in [-0.2, -0.15) is 4.98 Å². The molecule has 0 aliphatic carbocycles. The Bertz CT molecular complexity index is 820. The van der Waals surface area contributed by atoms with Crippen molar-refractivity contribution in [1.82, 2.24) is 14.5 Å². The highest BCUT2D eigenvalue weighted by atomic mass is 19.1. The molecule has 1 aliphatic heterocycles. The molecular formula is C14H16FN3O5. The van der Waals surface area contributed by atoms with E-state index in [1.807, 2.05) is 0 Å². The average molecular weight is 325 g/mol. The van der Waals surface area contributed by atoms with E-state index >= 15 is 0 Å². The summed E-state index contributed by atoms with van der Waals surface area (Å²) in [7, 11) is 2.84. The van der Waals surface area contributed by atoms with Crippen molar-refractivity contribution in [2.75, 3.05) is 20.8 Å². The van der Waals surface area contributed by atoms with Crippen molar-refractivity contribution < 1.29 is 18.6 Å². The third-order valence-corrected chi connectivity index (χ3v) is 3.78. The smallest absolute Gasteiger partial charge is 0.351 e. The van der Waals surface area contributed by atoms with E-state index in [0.717, 1.165) is 4.57 Å². The number of hydrogen-bond acceptors (Lipinski definition) is 6. The maximum atomic E-state index is 14.6. The van der Waals surface area contributed by atoms with Gasteiger partial charge < -0.3 is 19.2 Å². The van der Waals surface area contributed by atoms with Crippen LogP contribution in [0.25, 0.3) is 11.0 Å². The van der Waals surface area contributed by atoms with E-state index in [-0.39, 0.29) is 17.8 Å². The molecule has 1 unspecified atom stereocenters. The molecule has 2 aromatic heterocycles. The Labute approximate surface area is 129 Å². The van der Waals surface area contributed by atoms with Gasteiger partial charge in [-0.3, -0.25) is 9.36 Å². The molecule has 1 saturated heterocycles. The minimum Gasteiger partial charge on any atom is -0.382 e. The van der Waals surface area contributed by atoms with Crippen LogP contribution in [0.15, 0.2) is 27.9 Å². The van der Waals surface area contributed by atoms with Crippen LogP contribution >= 0.6 is 0 Å². The Morgan fingerprint density at radius 1 is 1.39 bits per heavy atom. The molecule has 124 valence electrons. The lowest BCUT2D eigenvalue weighted by Crippen LogP contribution is -2.35. The first-order valence-electron chi connectivity index (χ1n) is 6.98. The van der Waals surface area contributed by atoms with Crippen LogP contribution in [0.1, 0.15) is 6.23 Å². The van der Waals surface area contributed by atoms with E-state index < -0.39 is 30.3 Å². The number of rotatable bonds is 4. The van der Waals surface area contributed by atoms with E-state index in [1.54, 1.807) is 0 Å². The van der Waals surface area contributed by atoms with Crippen LogP contribution in [-0.4, -0.2) is 53.7 Å². The molecular weight excluding hydrogens is 309 g/mol. The lowest BCUT2D eigenvalue weighted by Gasteiger charge is -2.16. The minimum atomic E-state index is -1.56. The summed E-state index contributed by atoms with van der Waals surface area (Å²) in [4.78, 5) is 29.6. The van der Waals surface area contributed by atoms with Crippen LogP contribution in [-0.2, 0) is 14.2 Å². The van der Waals surface area contributed by atoms with Crippen molar-refractivity contribution in [2.45, 2.75) is 24.6 Å². The van der Waals surface area contributed by atoms with Crippen LogP contribution in [0.3, 0.4) is 0 Å². The second-order valence-electron chi connectivity index (χ2n) is 5.22. The molecule has 0 spiro atoms. The molecule has 0 saturated carbocycles. The number of halogens is 1. The highest BCUT2D eigenvalue weighted by Crippen LogP contribution is 2.33. The lowest BCUT2D eigenvalue weighted by atomic mass is 10.1. The van der Waals surface area contributed by atoms with Crippen LogP contribution in [0.5, 0.6) is 0 Å². The number of methoxy groups -OCH3 is 2. The van der Waals surface area contributed by atoms with Crippen LogP contribution < -0.4 is 11.2 Å². The number of aromatic amines is 1. The van der Waals surface area contributed by atoms with E-state index in [0.29, 0.717) is 5.39 Å². The maximum Gasteiger partial charge on any atom is 0.351 e. The summed E-state index contributed by atoms with van der Waals surface area (Å²) in [5.74, 6) is 0. The Hall–Kier alpha value is -2.10. The Kier molecular flexibility index (Phi) is 4.24. The minimum absolute atomic E-state index is 0.137. The fourth-order valence-electron chi connectivity index (χ4n) is 2.71. The third-order valence-electron chi connectivity index (χ3n) is 3.78. The molecule has 23 heavy (non-hydrogen) atoms. The number of H-pyrrole nitrogens is 1. The molecule has 0 amide bonds. The zero-order chi connectivity index (χ0) is 16.6. The molecule has 4 atom stereocenters. The van der Waals surface area contributed by atoms with Gasteiger partial charge in [0.1, 0.15) is 17.9 Å². The Balaban J connectivity index is 2.02. The number of hydrogen-bond donors (Lipinski definition) is 1. The zero-order valence-electron chi connectivity index (χ0n) is 12.6. The van der Waals surface area contributed by atoms with Crippen LogP contribution in [0.2, 0.25) is 0 Å². The van der Waals surface area contributed by atoms with Gasteiger partial charge in [-0.25, -0.2) is 9.18 Å². The molecule has 1 fully saturated rings. The lowest BCUT2D eigenvalue weighted by molar-refractivity contribution is -0.0623. The van der Waals surface area contributed by atoms with Crippen molar-refractivity contribution >= 4 is 11.0 Å². The van der Waals surface area contributed by atoms with Gasteiger partial charge in [0.15, 0.2) is 12.4 Å². The Morgan fingerprint density at radius 2 is 2.17 bits per heavy atom. The molecule has 0 bridgehead atoms. The second-order valence-corrected chi connectivity index (χ2v) is 5.22. The second kappa shape index (κ2) is 6.19. The highest BCUT2D eigenvalue weighted by molar-refractivity contribution is 5.72. The number of ether oxygens (including phenoxy) is 3. The van der Waals surface area contributed by atoms with Crippen molar-refractivity contribution in [3.63, 3.8) is 0 Å². The SMILES string of the molecule is COC[C@H]1O[C@@H](n2cc3ccc(=O)[nH]c3nc2=O)C(F)[C@@H]1OC. The molecule has 3 rings (SSSR count). The predicted molar refractivity (Wildman–Crippen MR) is 78.1 cm³/mol. The molecule has 3 heterocycles. The zero-order valence-corrected chi connectivity index (χ0v) is 12.6. The molecule has 9 heteroatoms. The fourth-order valence-corrected chi connectivity index (χ4v) is 2.71. The van der Waals surface area contributed by atoms with Gasteiger partial charge in [-0.1, -0.05) is 0 Å². The number of pyridine rings is 1. The number of nitrogens with zero attached hydrogens (tertiary/aromatic N) is 2. The largest absolute Gasteiger partial charge is 0.382 e. The fraction of sp³-hybridized carbons (Fsp3) is 0.500. The predicted octanol–water partition coefficient (Wildman–Crippen LogP) is -0.0183. The average Bonchev–Trinajstić information content (AvgIpc) is 2.82. The topological polar surface area (TPSA) is 95.4 Å². The van der Waals surface area contributed by atoms with Crippen molar-refractivity contribution in [3.8, 4) is 0 Å². The molecule has 1 aliphatic rings. The van der Waals surface area contributed by atoms with Gasteiger partial charge in [0.2, 0.25) is 5.56 Å². The maximum absolute atomic E-state index is 14.6. The van der Waals surface area contributed by atoms with Gasteiger partial charge in [-0.15, -0.1) is 0 Å². The first-order chi connectivity index (χ1) is 11.0. The first kappa shape index (κ1) is 15.8. The normalized spacial score (nSPS) is 27.6. The summed E-state index contributed by atoms with van der Waals surface area (Å²) < 4.78 is 31.4. The van der Waals surface area contributed by atoms with Crippen molar-refractivity contribution in [1.29, 1.82) is 0 Å². The van der Waals surface area contributed by atoms with Gasteiger partial charge in [0, 0.05) is 31.9 Å². The van der Waals surface area contributed by atoms with Gasteiger partial charge in [-0.05, 0) is 6.07 Å². The molecule has 8 nitrogen and oxygen atoms in total. The van der Waals surface area contributed by atoms with E-state index in [9.17, 15) is 14.0 Å². The van der Waals surface area contributed by atoms with Crippen molar-refractivity contribution in [2.24, 2.45) is 0 Å². The van der Waals surface area contributed by atoms with Crippen molar-refractivity contribution in [3.05, 3.63) is 39.2 Å². The van der Waals surface area contributed by atoms with E-state index in [1.165, 1.54) is 32.5 Å². The monoisotopic (exact) mass is 325 g/mol. The number of nitrogens with one attached hydrogen (secondary N) is 1. The van der Waals surface area contributed by atoms with Gasteiger partial charge in [0.05, 0.1) is 6.61 Å². The van der Waals surface area contributed by atoms with Gasteiger partial charge in [0.25, 0.3) is 0 Å². The summed E-state index contributed by atoms with van der Waals surface area (Å²) in [6.45, 7) is 0.137. The first-order valence-corrected chi connectivity index (χ1v) is 6.98. The van der Waals surface area contributed by atoms with E-state index in [2.05, 4.69) is 9.97 Å². The Morgan fingerprint density at radius 3 is 2.87 bits per heavy atom. The standard InChI is InChI=1S/C14H16FN3O5/c1-21-6-8-11(22-2)10(15)13(23-8)18-5-7-3-4-9(19)16-12(7)17-14(18)20/h3-5,8,10-11,13H,6H2,1-2H3,(H,16,17,19,20)/t8-,10?,11-,13-/m1/s1. The van der Waals surface area contributed by atoms with Gasteiger partial charge >= 0.3 is 5.69 Å². The molecule has 2 aromatic rings. The van der Waals surface area contributed by atoms with E-state index in [4.69, 9.17) is 14.2 Å². The highest BCUT2D eigenvalue weighted by Gasteiger charge is 2.46. The molecule has 0 aromatic carbocycles. The third kappa shape index (κ3) is 2.78. The summed E-state index contributed by atoms with van der Waals surface area (Å²) in [6.07, 6.45) is -2.81. The number of alkyl halides is 1. The summed E-state index contributed by atoms with van der Waals surface area (Å²) in [5, 5.41) is 0.490. The van der Waals surface area contributed by atoms with Crippen LogP contribution in [0, 0.1) is 0 Å². The molecule has 0 radical (unpaired) electrons. The quantitative estimate of drug-likeness (QED) is 0.849. The number of aromatic nitrogens is 3. The summed E-state index contributed by atoms with van der Waals surface area (Å²) in [5.41, 5.74) is -0.953. The van der Waals surface area contributed by atoms with Crippen LogP contribution in [0.4, 0.5) is 4.39 Å². The summed E-state index contributed by atoms with van der Waals surface area (Å²) >= 11 is 0. The number of fused-ring (bicyclic) bond motifs is 1.